The highest BCUT2D eigenvalue weighted by Gasteiger charge is 2.36. The molecule has 0 saturated carbocycles. The van der Waals surface area contributed by atoms with Crippen molar-refractivity contribution in [3.05, 3.63) is 118 Å². The maximum Gasteiger partial charge on any atom is 0.339 e. The van der Waals surface area contributed by atoms with E-state index in [2.05, 4.69) is 10.3 Å². The van der Waals surface area contributed by atoms with E-state index in [0.29, 0.717) is 55.1 Å². The third-order valence-corrected chi connectivity index (χ3v) is 6.71. The number of rotatable bonds is 8. The van der Waals surface area contributed by atoms with Gasteiger partial charge in [-0.15, -0.1) is 0 Å². The molecule has 0 radical (unpaired) electrons. The Morgan fingerprint density at radius 1 is 0.919 bits per heavy atom. The number of ketones is 1. The highest BCUT2D eigenvalue weighted by molar-refractivity contribution is 6.14. The third kappa shape index (κ3) is 5.54. The van der Waals surface area contributed by atoms with E-state index in [1.165, 1.54) is 6.21 Å². The lowest BCUT2D eigenvalue weighted by molar-refractivity contribution is -0.132. The Hall–Kier alpha value is -4.45. The molecule has 37 heavy (non-hydrogen) atoms. The summed E-state index contributed by atoms with van der Waals surface area (Å²) in [7, 11) is 0. The normalized spacial score (nSPS) is 17.2. The third-order valence-electron chi connectivity index (χ3n) is 6.71. The number of nitrogens with zero attached hydrogens (tertiary/aromatic N) is 1. The first-order valence-electron chi connectivity index (χ1n) is 12.4. The second-order valence-corrected chi connectivity index (χ2v) is 9.14. The summed E-state index contributed by atoms with van der Waals surface area (Å²) in [6, 6.07) is 27.5. The average molecular weight is 493 g/mol. The number of ether oxygens (including phenoxy) is 1. The van der Waals surface area contributed by atoms with Crippen molar-refractivity contribution in [1.29, 1.82) is 0 Å². The van der Waals surface area contributed by atoms with Crippen LogP contribution in [0.1, 0.15) is 29.5 Å². The smallest absolute Gasteiger partial charge is 0.339 e. The molecule has 2 aliphatic heterocycles. The van der Waals surface area contributed by atoms with E-state index in [4.69, 9.17) is 4.74 Å². The first-order chi connectivity index (χ1) is 18.1. The summed E-state index contributed by atoms with van der Waals surface area (Å²) in [4.78, 5) is 30.0. The molecule has 0 amide bonds. The average Bonchev–Trinajstić information content (AvgIpc) is 3.16. The fraction of sp³-hybridized carbons (Fsp3) is 0.194. The van der Waals surface area contributed by atoms with Gasteiger partial charge in [-0.3, -0.25) is 9.79 Å². The number of aliphatic carboxylic acids is 1. The van der Waals surface area contributed by atoms with E-state index < -0.39 is 11.9 Å². The van der Waals surface area contributed by atoms with Crippen LogP contribution >= 0.6 is 0 Å². The van der Waals surface area contributed by atoms with Crippen molar-refractivity contribution >= 4 is 23.7 Å². The first kappa shape index (κ1) is 24.3. The number of benzene rings is 3. The molecule has 186 valence electrons. The van der Waals surface area contributed by atoms with Crippen LogP contribution in [-0.2, 0) is 22.6 Å². The van der Waals surface area contributed by atoms with Crippen LogP contribution in [0.25, 0.3) is 5.70 Å². The van der Waals surface area contributed by atoms with Crippen LogP contribution in [0.4, 0.5) is 0 Å². The van der Waals surface area contributed by atoms with Gasteiger partial charge in [-0.1, -0.05) is 60.7 Å². The Morgan fingerprint density at radius 3 is 2.27 bits per heavy atom. The van der Waals surface area contributed by atoms with Gasteiger partial charge in [0.25, 0.3) is 0 Å². The molecule has 0 saturated heterocycles. The topological polar surface area (TPSA) is 88.0 Å². The first-order valence-corrected chi connectivity index (χ1v) is 12.4. The van der Waals surface area contributed by atoms with Crippen molar-refractivity contribution < 1.29 is 19.4 Å². The molecule has 6 heteroatoms. The SMILES string of the molecule is O=C(O)C1=C2NC(c3ccc(OCc4ccccc4)cc3)=C(CCc3ccccc3)C(=O)C2CCN=C1. The number of aryl methyl sites for hydroxylation is 1. The predicted molar refractivity (Wildman–Crippen MR) is 143 cm³/mol. The fourth-order valence-corrected chi connectivity index (χ4v) is 4.76. The van der Waals surface area contributed by atoms with Gasteiger partial charge in [0.2, 0.25) is 0 Å². The summed E-state index contributed by atoms with van der Waals surface area (Å²) in [5, 5.41) is 13.2. The molecule has 0 spiro atoms. The molecule has 3 aromatic rings. The minimum atomic E-state index is -1.09. The van der Waals surface area contributed by atoms with E-state index in [9.17, 15) is 14.7 Å². The van der Waals surface area contributed by atoms with E-state index in [1.807, 2.05) is 84.9 Å². The van der Waals surface area contributed by atoms with Gasteiger partial charge in [-0.2, -0.15) is 0 Å². The zero-order valence-electron chi connectivity index (χ0n) is 20.4. The highest BCUT2D eigenvalue weighted by Crippen LogP contribution is 2.35. The lowest BCUT2D eigenvalue weighted by atomic mass is 9.82. The second kappa shape index (κ2) is 11.1. The molecule has 0 aliphatic carbocycles. The van der Waals surface area contributed by atoms with Crippen molar-refractivity contribution in [2.75, 3.05) is 6.54 Å². The molecule has 6 nitrogen and oxygen atoms in total. The summed E-state index contributed by atoms with van der Waals surface area (Å²) < 4.78 is 5.93. The Balaban J connectivity index is 1.48. The summed E-state index contributed by atoms with van der Waals surface area (Å²) in [6.07, 6.45) is 3.10. The Kier molecular flexibility index (Phi) is 7.26. The van der Waals surface area contributed by atoms with Crippen LogP contribution in [0, 0.1) is 5.92 Å². The molecule has 0 bridgehead atoms. The van der Waals surface area contributed by atoms with Crippen LogP contribution in [0.5, 0.6) is 5.75 Å². The Bertz CT molecular complexity index is 1370. The maximum atomic E-state index is 13.8. The molecular formula is C31H28N2O4. The number of carboxylic acids is 1. The van der Waals surface area contributed by atoms with Crippen LogP contribution in [-0.4, -0.2) is 29.6 Å². The second-order valence-electron chi connectivity index (χ2n) is 9.14. The van der Waals surface area contributed by atoms with Crippen molar-refractivity contribution in [2.45, 2.75) is 25.9 Å². The molecule has 1 atom stereocenters. The number of allylic oxidation sites excluding steroid dienone is 2. The minimum Gasteiger partial charge on any atom is -0.489 e. The zero-order valence-corrected chi connectivity index (χ0v) is 20.4. The number of carbonyl (C=O) groups excluding carboxylic acids is 1. The number of carbonyl (C=O) groups is 2. The Morgan fingerprint density at radius 2 is 1.59 bits per heavy atom. The van der Waals surface area contributed by atoms with Gasteiger partial charge in [0, 0.05) is 24.0 Å². The molecule has 2 heterocycles. The van der Waals surface area contributed by atoms with Gasteiger partial charge in [0.1, 0.15) is 12.4 Å². The molecule has 0 fully saturated rings. The minimum absolute atomic E-state index is 0.0339. The van der Waals surface area contributed by atoms with Crippen molar-refractivity contribution in [2.24, 2.45) is 10.9 Å². The van der Waals surface area contributed by atoms with Crippen molar-refractivity contribution in [3.8, 4) is 5.75 Å². The fourth-order valence-electron chi connectivity index (χ4n) is 4.76. The van der Waals surface area contributed by atoms with Gasteiger partial charge in [-0.05, 0) is 60.2 Å². The van der Waals surface area contributed by atoms with Gasteiger partial charge in [0.05, 0.1) is 17.2 Å². The summed E-state index contributed by atoms with van der Waals surface area (Å²) in [5.41, 5.74) is 4.81. The van der Waals surface area contributed by atoms with Crippen molar-refractivity contribution in [1.82, 2.24) is 5.32 Å². The van der Waals surface area contributed by atoms with Gasteiger partial charge >= 0.3 is 5.97 Å². The number of fused-ring (bicyclic) bond motifs is 1. The Labute approximate surface area is 216 Å². The highest BCUT2D eigenvalue weighted by atomic mass is 16.5. The monoisotopic (exact) mass is 492 g/mol. The van der Waals surface area contributed by atoms with E-state index >= 15 is 0 Å². The molecular weight excluding hydrogens is 464 g/mol. The van der Waals surface area contributed by atoms with E-state index in [1.54, 1.807) is 0 Å². The number of carboxylic acid groups (broad SMARTS) is 1. The zero-order chi connectivity index (χ0) is 25.6. The number of hydrogen-bond acceptors (Lipinski definition) is 5. The molecule has 5 rings (SSSR count). The van der Waals surface area contributed by atoms with Crippen LogP contribution in [0.2, 0.25) is 0 Å². The van der Waals surface area contributed by atoms with Gasteiger partial charge < -0.3 is 15.2 Å². The molecule has 0 aromatic heterocycles. The van der Waals surface area contributed by atoms with Crippen LogP contribution in [0.15, 0.2) is 107 Å². The quantitative estimate of drug-likeness (QED) is 0.451. The maximum absolute atomic E-state index is 13.8. The van der Waals surface area contributed by atoms with Gasteiger partial charge in [0.15, 0.2) is 5.78 Å². The largest absolute Gasteiger partial charge is 0.489 e. The summed E-state index contributed by atoms with van der Waals surface area (Å²) >= 11 is 0. The molecule has 2 N–H and O–H groups in total. The summed E-state index contributed by atoms with van der Waals surface area (Å²) in [5.74, 6) is -0.960. The number of hydrogen-bond donors (Lipinski definition) is 2. The molecule has 3 aromatic carbocycles. The van der Waals surface area contributed by atoms with E-state index in [-0.39, 0.29) is 11.4 Å². The number of Topliss-reactive ketones (excluding diaryl/α,β-unsaturated/α-hetero) is 1. The predicted octanol–water partition coefficient (Wildman–Crippen LogP) is 5.21. The van der Waals surface area contributed by atoms with Gasteiger partial charge in [-0.25, -0.2) is 4.79 Å². The lowest BCUT2D eigenvalue weighted by Crippen LogP contribution is -2.36. The molecule has 1 unspecified atom stereocenters. The van der Waals surface area contributed by atoms with E-state index in [0.717, 1.165) is 16.7 Å². The summed E-state index contributed by atoms with van der Waals surface area (Å²) in [6.45, 7) is 0.866. The molecule has 2 aliphatic rings. The van der Waals surface area contributed by atoms with Crippen LogP contribution < -0.4 is 10.1 Å². The lowest BCUT2D eigenvalue weighted by Gasteiger charge is -2.30. The van der Waals surface area contributed by atoms with Crippen LogP contribution in [0.3, 0.4) is 0 Å². The number of nitrogens with one attached hydrogen (secondary N) is 1. The standard InChI is InChI=1S/C31H28N2O4/c34-30-25(16-11-21-7-3-1-4-8-21)28(33-29-26(30)17-18-32-19-27(29)31(35)36)23-12-14-24(15-13-23)37-20-22-9-5-2-6-10-22/h1-10,12-15,19,26,33H,11,16-18,20H2,(H,35,36). The van der Waals surface area contributed by atoms with Crippen molar-refractivity contribution in [3.63, 3.8) is 0 Å². The number of aliphatic imine (C=N–C) groups is 1.